The minimum absolute atomic E-state index is 0.00481. The van der Waals surface area contributed by atoms with Crippen LogP contribution >= 0.6 is 11.3 Å². The van der Waals surface area contributed by atoms with Gasteiger partial charge in [-0.25, -0.2) is 0 Å². The van der Waals surface area contributed by atoms with E-state index < -0.39 is 0 Å². The van der Waals surface area contributed by atoms with Crippen molar-refractivity contribution < 1.29 is 0 Å². The van der Waals surface area contributed by atoms with Crippen LogP contribution in [0, 0.1) is 0 Å². The summed E-state index contributed by atoms with van der Waals surface area (Å²) in [7, 11) is 0. The number of nitrogens with zero attached hydrogens (tertiary/aromatic N) is 2. The van der Waals surface area contributed by atoms with Gasteiger partial charge in [0.15, 0.2) is 0 Å². The van der Waals surface area contributed by atoms with Crippen molar-refractivity contribution in [1.82, 2.24) is 9.13 Å². The number of benzene rings is 8. The number of para-hydroxylation sites is 3. The SMILES string of the molecule is C1=C(c2ccccc2)c2ccccc2NC1c1cccc(-n2c3cc4c(cc3c3ccc5c6ccccc6sc5c32)c2ccccc2n4-c2ccccc2)c1. The molecule has 0 amide bonds. The van der Waals surface area contributed by atoms with Gasteiger partial charge in [0, 0.05) is 59.6 Å². The molecule has 0 spiro atoms. The van der Waals surface area contributed by atoms with Crippen molar-refractivity contribution in [3.63, 3.8) is 0 Å². The number of rotatable bonds is 4. The summed E-state index contributed by atoms with van der Waals surface area (Å²) < 4.78 is 7.59. The Balaban J connectivity index is 1.16. The van der Waals surface area contributed by atoms with Crippen LogP contribution in [0.25, 0.3) is 80.7 Å². The number of nitrogens with one attached hydrogen (secondary N) is 1. The van der Waals surface area contributed by atoms with E-state index in [0.717, 1.165) is 17.1 Å². The third kappa shape index (κ3) is 4.56. The topological polar surface area (TPSA) is 21.9 Å². The van der Waals surface area contributed by atoms with Crippen molar-refractivity contribution in [2.24, 2.45) is 0 Å². The van der Waals surface area contributed by atoms with Crippen LogP contribution in [0.1, 0.15) is 22.7 Å². The van der Waals surface area contributed by atoms with Crippen LogP contribution in [-0.4, -0.2) is 9.13 Å². The molecule has 0 aliphatic carbocycles. The maximum atomic E-state index is 3.89. The lowest BCUT2D eigenvalue weighted by Gasteiger charge is -2.27. The minimum Gasteiger partial charge on any atom is -0.374 e. The maximum Gasteiger partial charge on any atom is 0.0719 e. The van der Waals surface area contributed by atoms with Crippen molar-refractivity contribution in [2.75, 3.05) is 5.32 Å². The lowest BCUT2D eigenvalue weighted by molar-refractivity contribution is 0.967. The first kappa shape index (κ1) is 30.6. The van der Waals surface area contributed by atoms with E-state index in [1.807, 2.05) is 11.3 Å². The molecule has 258 valence electrons. The second-order valence-corrected chi connectivity index (χ2v) is 15.6. The van der Waals surface area contributed by atoms with Gasteiger partial charge in [-0.3, -0.25) is 0 Å². The molecule has 0 saturated heterocycles. The standard InChI is InChI=1S/C51H33N3S/c1-3-14-32(15-4-1)41-30-45(52-44-23-10-7-20-36(41)44)33-16-13-19-35(28-33)54-48-31-47-42(37-21-8-11-24-46(37)53(47)34-17-5-2-6-18-34)29-43(48)39-26-27-40-38-22-9-12-25-49(38)55-51(40)50(39)54/h1-31,45,52H. The molecular formula is C51H33N3S. The zero-order valence-corrected chi connectivity index (χ0v) is 30.6. The van der Waals surface area contributed by atoms with E-state index in [1.54, 1.807) is 0 Å². The molecule has 4 heterocycles. The van der Waals surface area contributed by atoms with Crippen LogP contribution in [0.2, 0.25) is 0 Å². The molecule has 55 heavy (non-hydrogen) atoms. The van der Waals surface area contributed by atoms with E-state index in [9.17, 15) is 0 Å². The van der Waals surface area contributed by atoms with Crippen LogP contribution in [0.4, 0.5) is 5.69 Å². The highest BCUT2D eigenvalue weighted by Crippen LogP contribution is 2.46. The Morgan fingerprint density at radius 2 is 1.15 bits per heavy atom. The first-order valence-corrected chi connectivity index (χ1v) is 19.7. The molecule has 3 nitrogen and oxygen atoms in total. The minimum atomic E-state index is -0.00481. The lowest BCUT2D eigenvalue weighted by Crippen LogP contribution is -2.15. The van der Waals surface area contributed by atoms with E-state index in [4.69, 9.17) is 0 Å². The number of aromatic nitrogens is 2. The lowest BCUT2D eigenvalue weighted by atomic mass is 9.89. The van der Waals surface area contributed by atoms with Crippen molar-refractivity contribution >= 4 is 86.4 Å². The van der Waals surface area contributed by atoms with E-state index >= 15 is 0 Å². The van der Waals surface area contributed by atoms with Crippen LogP contribution in [-0.2, 0) is 0 Å². The van der Waals surface area contributed by atoms with Crippen LogP contribution in [0.5, 0.6) is 0 Å². The average molecular weight is 720 g/mol. The molecule has 8 aromatic carbocycles. The fraction of sp³-hybridized carbons (Fsp3) is 0.0196. The molecule has 1 aliphatic heterocycles. The monoisotopic (exact) mass is 719 g/mol. The van der Waals surface area contributed by atoms with Gasteiger partial charge >= 0.3 is 0 Å². The highest BCUT2D eigenvalue weighted by Gasteiger charge is 2.24. The second kappa shape index (κ2) is 11.8. The first-order chi connectivity index (χ1) is 27.3. The van der Waals surface area contributed by atoms with Crippen molar-refractivity contribution in [2.45, 2.75) is 6.04 Å². The van der Waals surface area contributed by atoms with Crippen molar-refractivity contribution in [3.8, 4) is 11.4 Å². The van der Waals surface area contributed by atoms with E-state index in [-0.39, 0.29) is 6.04 Å². The number of hydrogen-bond acceptors (Lipinski definition) is 2. The van der Waals surface area contributed by atoms with Gasteiger partial charge in [-0.1, -0.05) is 127 Å². The molecule has 1 N–H and O–H groups in total. The predicted molar refractivity (Wildman–Crippen MR) is 234 cm³/mol. The normalized spacial score (nSPS) is 14.3. The zero-order chi connectivity index (χ0) is 36.0. The molecule has 4 heteroatoms. The number of thiophene rings is 1. The molecule has 0 bridgehead atoms. The van der Waals surface area contributed by atoms with Crippen LogP contribution in [0.3, 0.4) is 0 Å². The second-order valence-electron chi connectivity index (χ2n) is 14.6. The quantitative estimate of drug-likeness (QED) is 0.192. The Labute approximate surface area is 321 Å². The average Bonchev–Trinajstić information content (AvgIpc) is 3.90. The molecule has 11 aromatic rings. The fourth-order valence-corrected chi connectivity index (χ4v) is 10.3. The van der Waals surface area contributed by atoms with Gasteiger partial charge in [0.2, 0.25) is 0 Å². The molecule has 1 aliphatic rings. The summed E-state index contributed by atoms with van der Waals surface area (Å²) in [6, 6.07) is 66.6. The maximum absolute atomic E-state index is 3.89. The first-order valence-electron chi connectivity index (χ1n) is 18.9. The molecule has 12 rings (SSSR count). The van der Waals surface area contributed by atoms with Gasteiger partial charge in [0.1, 0.15) is 0 Å². The zero-order valence-electron chi connectivity index (χ0n) is 29.8. The Hall–Kier alpha value is -6.88. The van der Waals surface area contributed by atoms with Gasteiger partial charge in [-0.15, -0.1) is 11.3 Å². The number of fused-ring (bicyclic) bond motifs is 11. The van der Waals surface area contributed by atoms with Gasteiger partial charge in [0.25, 0.3) is 0 Å². The summed E-state index contributed by atoms with van der Waals surface area (Å²) in [5.74, 6) is 0. The fourth-order valence-electron chi connectivity index (χ4n) is 9.08. The van der Waals surface area contributed by atoms with Gasteiger partial charge in [-0.2, -0.15) is 0 Å². The molecule has 0 radical (unpaired) electrons. The third-order valence-electron chi connectivity index (χ3n) is 11.5. The third-order valence-corrected chi connectivity index (χ3v) is 12.7. The van der Waals surface area contributed by atoms with Gasteiger partial charge < -0.3 is 14.5 Å². The smallest absolute Gasteiger partial charge is 0.0719 e. The molecule has 1 unspecified atom stereocenters. The molecule has 3 aromatic heterocycles. The summed E-state index contributed by atoms with van der Waals surface area (Å²) in [6.45, 7) is 0. The Morgan fingerprint density at radius 3 is 2.04 bits per heavy atom. The Kier molecular flexibility index (Phi) is 6.56. The highest BCUT2D eigenvalue weighted by molar-refractivity contribution is 7.26. The van der Waals surface area contributed by atoms with Gasteiger partial charge in [0.05, 0.1) is 32.8 Å². The van der Waals surface area contributed by atoms with Crippen molar-refractivity contribution in [1.29, 1.82) is 0 Å². The summed E-state index contributed by atoms with van der Waals surface area (Å²) in [4.78, 5) is 0. The summed E-state index contributed by atoms with van der Waals surface area (Å²) in [5.41, 5.74) is 13.3. The summed E-state index contributed by atoms with van der Waals surface area (Å²) in [5, 5.41) is 11.6. The highest BCUT2D eigenvalue weighted by atomic mass is 32.1. The molecular weight excluding hydrogens is 687 g/mol. The molecule has 1 atom stereocenters. The molecule has 0 fully saturated rings. The van der Waals surface area contributed by atoms with Gasteiger partial charge in [-0.05, 0) is 77.4 Å². The largest absolute Gasteiger partial charge is 0.374 e. The number of hydrogen-bond donors (Lipinski definition) is 1. The van der Waals surface area contributed by atoms with Crippen molar-refractivity contribution in [3.05, 3.63) is 205 Å². The van der Waals surface area contributed by atoms with E-state index in [0.29, 0.717) is 0 Å². The van der Waals surface area contributed by atoms with Crippen LogP contribution < -0.4 is 5.32 Å². The Morgan fingerprint density at radius 1 is 0.455 bits per heavy atom. The summed E-state index contributed by atoms with van der Waals surface area (Å²) in [6.07, 6.45) is 2.40. The van der Waals surface area contributed by atoms with E-state index in [1.165, 1.54) is 86.0 Å². The number of anilines is 1. The predicted octanol–water partition coefficient (Wildman–Crippen LogP) is 13.8. The molecule has 0 saturated carbocycles. The van der Waals surface area contributed by atoms with E-state index in [2.05, 4.69) is 203 Å². The summed E-state index contributed by atoms with van der Waals surface area (Å²) >= 11 is 1.90. The Bertz CT molecular complexity index is 3350. The van der Waals surface area contributed by atoms with Crippen LogP contribution in [0.15, 0.2) is 188 Å².